The van der Waals surface area contributed by atoms with Crippen molar-refractivity contribution in [2.24, 2.45) is 0 Å². The van der Waals surface area contributed by atoms with Crippen LogP contribution in [0.4, 0.5) is 10.1 Å². The molecule has 1 N–H and O–H groups in total. The van der Waals surface area contributed by atoms with Crippen molar-refractivity contribution < 1.29 is 18.7 Å². The topological polar surface area (TPSA) is 73.3 Å². The van der Waals surface area contributed by atoms with E-state index in [1.54, 1.807) is 49.8 Å². The Bertz CT molecular complexity index is 1200. The molecule has 1 amide bonds. The molecule has 0 aliphatic rings. The number of carbonyl (C=O) groups is 1. The van der Waals surface area contributed by atoms with E-state index in [9.17, 15) is 9.18 Å². The predicted molar refractivity (Wildman–Crippen MR) is 115 cm³/mol. The number of nitrogens with one attached hydrogen (secondary N) is 1. The second-order valence-corrected chi connectivity index (χ2v) is 6.55. The summed E-state index contributed by atoms with van der Waals surface area (Å²) in [6, 6.07) is 20.1. The number of benzene rings is 3. The minimum atomic E-state index is -0.349. The number of nitrogens with zero attached hydrogens (tertiary/aromatic N) is 2. The minimum Gasteiger partial charge on any atom is -0.495 e. The molecule has 6 nitrogen and oxygen atoms in total. The Morgan fingerprint density at radius 3 is 2.39 bits per heavy atom. The van der Waals surface area contributed by atoms with Crippen molar-refractivity contribution >= 4 is 11.6 Å². The lowest BCUT2D eigenvalue weighted by Gasteiger charge is -2.10. The number of aromatic nitrogens is 2. The van der Waals surface area contributed by atoms with Gasteiger partial charge >= 0.3 is 6.01 Å². The molecule has 0 spiro atoms. The molecule has 7 heteroatoms. The summed E-state index contributed by atoms with van der Waals surface area (Å²) < 4.78 is 23.8. The predicted octanol–water partition coefficient (Wildman–Crippen LogP) is 5.34. The number of hydrogen-bond donors (Lipinski definition) is 1. The van der Waals surface area contributed by atoms with Crippen molar-refractivity contribution in [1.82, 2.24) is 9.97 Å². The van der Waals surface area contributed by atoms with Gasteiger partial charge in [-0.1, -0.05) is 24.3 Å². The molecule has 0 aliphatic carbocycles. The van der Waals surface area contributed by atoms with Gasteiger partial charge < -0.3 is 14.8 Å². The molecule has 0 bridgehead atoms. The van der Waals surface area contributed by atoms with E-state index in [-0.39, 0.29) is 17.7 Å². The standard InChI is InChI=1S/C24H18FN3O3/c1-30-22-8-3-2-7-21(22)28-23(29)17-6-4-5-16(13-17)18-14-26-24(27-15-18)31-20-11-9-19(25)10-12-20/h2-15H,1H3,(H,28,29). The molecule has 0 atom stereocenters. The second-order valence-electron chi connectivity index (χ2n) is 6.55. The SMILES string of the molecule is COc1ccccc1NC(=O)c1cccc(-c2cnc(Oc3ccc(F)cc3)nc2)c1. The molecule has 0 unspecified atom stereocenters. The molecule has 154 valence electrons. The highest BCUT2D eigenvalue weighted by Crippen LogP contribution is 2.25. The third kappa shape index (κ3) is 4.84. The normalized spacial score (nSPS) is 10.4. The molecule has 1 aromatic heterocycles. The fourth-order valence-electron chi connectivity index (χ4n) is 2.91. The van der Waals surface area contributed by atoms with Crippen molar-refractivity contribution in [1.29, 1.82) is 0 Å². The molecule has 0 saturated carbocycles. The number of hydrogen-bond acceptors (Lipinski definition) is 5. The van der Waals surface area contributed by atoms with Gasteiger partial charge in [-0.25, -0.2) is 14.4 Å². The molecule has 4 aromatic rings. The van der Waals surface area contributed by atoms with Crippen LogP contribution in [0, 0.1) is 5.82 Å². The summed E-state index contributed by atoms with van der Waals surface area (Å²) in [7, 11) is 1.55. The lowest BCUT2D eigenvalue weighted by atomic mass is 10.1. The van der Waals surface area contributed by atoms with Crippen LogP contribution in [0.5, 0.6) is 17.5 Å². The van der Waals surface area contributed by atoms with Crippen LogP contribution in [0.25, 0.3) is 11.1 Å². The Hall–Kier alpha value is -4.26. The molecule has 0 saturated heterocycles. The van der Waals surface area contributed by atoms with Gasteiger partial charge in [0.25, 0.3) is 5.91 Å². The number of rotatable bonds is 6. The molecule has 0 fully saturated rings. The maximum absolute atomic E-state index is 13.0. The third-order valence-corrected chi connectivity index (χ3v) is 4.46. The fraction of sp³-hybridized carbons (Fsp3) is 0.0417. The largest absolute Gasteiger partial charge is 0.495 e. The highest BCUT2D eigenvalue weighted by Gasteiger charge is 2.11. The summed E-state index contributed by atoms with van der Waals surface area (Å²) in [4.78, 5) is 21.1. The van der Waals surface area contributed by atoms with Gasteiger partial charge in [0.15, 0.2) is 0 Å². The van der Waals surface area contributed by atoms with Crippen molar-refractivity contribution in [2.75, 3.05) is 12.4 Å². The van der Waals surface area contributed by atoms with Crippen molar-refractivity contribution in [3.8, 4) is 28.6 Å². The minimum absolute atomic E-state index is 0.139. The number of ether oxygens (including phenoxy) is 2. The molecule has 1 heterocycles. The zero-order valence-electron chi connectivity index (χ0n) is 16.6. The highest BCUT2D eigenvalue weighted by atomic mass is 19.1. The summed E-state index contributed by atoms with van der Waals surface area (Å²) in [5, 5.41) is 2.85. The molecule has 0 radical (unpaired) electrons. The summed E-state index contributed by atoms with van der Waals surface area (Å²) >= 11 is 0. The first-order chi connectivity index (χ1) is 15.1. The van der Waals surface area contributed by atoms with Crippen LogP contribution in [-0.4, -0.2) is 23.0 Å². The Kier molecular flexibility index (Phi) is 5.84. The summed E-state index contributed by atoms with van der Waals surface area (Å²) in [6.45, 7) is 0. The van der Waals surface area contributed by atoms with Gasteiger partial charge in [0, 0.05) is 23.5 Å². The number of para-hydroxylation sites is 2. The summed E-state index contributed by atoms with van der Waals surface area (Å²) in [5.41, 5.74) is 2.57. The van der Waals surface area contributed by atoms with Crippen LogP contribution in [0.2, 0.25) is 0 Å². The third-order valence-electron chi connectivity index (χ3n) is 4.46. The fourth-order valence-corrected chi connectivity index (χ4v) is 2.91. The van der Waals surface area contributed by atoms with Crippen molar-refractivity contribution in [2.45, 2.75) is 0 Å². The zero-order chi connectivity index (χ0) is 21.6. The van der Waals surface area contributed by atoms with E-state index in [0.717, 1.165) is 11.1 Å². The van der Waals surface area contributed by atoms with Gasteiger partial charge in [-0.05, 0) is 54.1 Å². The van der Waals surface area contributed by atoms with Crippen molar-refractivity contribution in [3.63, 3.8) is 0 Å². The molecule has 0 aliphatic heterocycles. The van der Waals surface area contributed by atoms with E-state index >= 15 is 0 Å². The number of anilines is 1. The number of amides is 1. The lowest BCUT2D eigenvalue weighted by molar-refractivity contribution is 0.102. The lowest BCUT2D eigenvalue weighted by Crippen LogP contribution is -2.12. The number of halogens is 1. The first-order valence-electron chi connectivity index (χ1n) is 9.42. The molecular formula is C24H18FN3O3. The smallest absolute Gasteiger partial charge is 0.321 e. The van der Waals surface area contributed by atoms with Gasteiger partial charge in [-0.15, -0.1) is 0 Å². The van der Waals surface area contributed by atoms with Gasteiger partial charge in [-0.2, -0.15) is 0 Å². The second kappa shape index (κ2) is 9.04. The van der Waals surface area contributed by atoms with Crippen LogP contribution in [0.3, 0.4) is 0 Å². The first-order valence-corrected chi connectivity index (χ1v) is 9.42. The van der Waals surface area contributed by atoms with E-state index in [0.29, 0.717) is 22.7 Å². The average Bonchev–Trinajstić information content (AvgIpc) is 2.81. The number of carbonyl (C=O) groups excluding carboxylic acids is 1. The van der Waals surface area contributed by atoms with E-state index in [2.05, 4.69) is 15.3 Å². The molecule has 31 heavy (non-hydrogen) atoms. The Morgan fingerprint density at radius 2 is 1.65 bits per heavy atom. The van der Waals surface area contributed by atoms with E-state index in [1.165, 1.54) is 24.3 Å². The van der Waals surface area contributed by atoms with Crippen LogP contribution >= 0.6 is 0 Å². The summed E-state index contributed by atoms with van der Waals surface area (Å²) in [6.07, 6.45) is 3.20. The van der Waals surface area contributed by atoms with Crippen LogP contribution in [-0.2, 0) is 0 Å². The van der Waals surface area contributed by atoms with Crippen molar-refractivity contribution in [3.05, 3.63) is 96.6 Å². The molecule has 4 rings (SSSR count). The molecule has 3 aromatic carbocycles. The Balaban J connectivity index is 1.49. The molecular weight excluding hydrogens is 397 g/mol. The van der Waals surface area contributed by atoms with E-state index in [1.807, 2.05) is 18.2 Å². The summed E-state index contributed by atoms with van der Waals surface area (Å²) in [5.74, 6) is 0.406. The average molecular weight is 415 g/mol. The Labute approximate surface area is 178 Å². The zero-order valence-corrected chi connectivity index (χ0v) is 16.6. The van der Waals surface area contributed by atoms with Gasteiger partial charge in [-0.3, -0.25) is 4.79 Å². The maximum Gasteiger partial charge on any atom is 0.321 e. The van der Waals surface area contributed by atoms with Crippen LogP contribution < -0.4 is 14.8 Å². The van der Waals surface area contributed by atoms with E-state index in [4.69, 9.17) is 9.47 Å². The van der Waals surface area contributed by atoms with Crippen LogP contribution in [0.1, 0.15) is 10.4 Å². The maximum atomic E-state index is 13.0. The van der Waals surface area contributed by atoms with Gasteiger partial charge in [0.1, 0.15) is 17.3 Å². The first kappa shape index (κ1) is 20.0. The highest BCUT2D eigenvalue weighted by molar-refractivity contribution is 6.05. The number of methoxy groups -OCH3 is 1. The monoisotopic (exact) mass is 415 g/mol. The van der Waals surface area contributed by atoms with E-state index < -0.39 is 0 Å². The quantitative estimate of drug-likeness (QED) is 0.460. The van der Waals surface area contributed by atoms with Gasteiger partial charge in [0.05, 0.1) is 12.8 Å². The Morgan fingerprint density at radius 1 is 0.903 bits per heavy atom. The van der Waals surface area contributed by atoms with Crippen LogP contribution in [0.15, 0.2) is 85.2 Å². The van der Waals surface area contributed by atoms with Gasteiger partial charge in [0.2, 0.25) is 0 Å².